The van der Waals surface area contributed by atoms with E-state index in [9.17, 15) is 14.7 Å². The zero-order valence-electron chi connectivity index (χ0n) is 16.8. The van der Waals surface area contributed by atoms with Gasteiger partial charge in [-0.25, -0.2) is 9.48 Å². The molecule has 1 amide bonds. The van der Waals surface area contributed by atoms with Crippen molar-refractivity contribution in [1.82, 2.24) is 14.7 Å². The van der Waals surface area contributed by atoms with Crippen LogP contribution in [0.5, 0.6) is 0 Å². The fourth-order valence-electron chi connectivity index (χ4n) is 5.60. The lowest BCUT2D eigenvalue weighted by atomic mass is 9.84. The van der Waals surface area contributed by atoms with Gasteiger partial charge in [0.2, 0.25) is 0 Å². The first-order chi connectivity index (χ1) is 14.0. The van der Waals surface area contributed by atoms with E-state index in [-0.39, 0.29) is 11.9 Å². The van der Waals surface area contributed by atoms with Gasteiger partial charge < -0.3 is 10.0 Å². The van der Waals surface area contributed by atoms with Crippen LogP contribution in [-0.4, -0.2) is 43.7 Å². The molecular weight excluding hydrogens is 366 g/mol. The Hall–Kier alpha value is -2.63. The molecule has 1 aliphatic heterocycles. The molecule has 2 aromatic rings. The number of carboxylic acid groups (broad SMARTS) is 1. The highest BCUT2D eigenvalue weighted by Gasteiger charge is 2.48. The maximum Gasteiger partial charge on any atom is 0.326 e. The number of hydrogen-bond donors (Lipinski definition) is 1. The van der Waals surface area contributed by atoms with Gasteiger partial charge in [-0.15, -0.1) is 0 Å². The summed E-state index contributed by atoms with van der Waals surface area (Å²) in [6.45, 7) is 2.05. The number of fused-ring (bicyclic) bond motifs is 2. The second kappa shape index (κ2) is 7.01. The predicted octanol–water partition coefficient (Wildman–Crippen LogP) is 3.53. The zero-order valence-corrected chi connectivity index (χ0v) is 16.8. The number of carbonyl (C=O) groups is 2. The Balaban J connectivity index is 1.55. The minimum atomic E-state index is -0.887. The monoisotopic (exact) mass is 393 g/mol. The van der Waals surface area contributed by atoms with Crippen molar-refractivity contribution in [2.75, 3.05) is 0 Å². The summed E-state index contributed by atoms with van der Waals surface area (Å²) in [6, 6.07) is 7.47. The van der Waals surface area contributed by atoms with Crippen LogP contribution in [0.2, 0.25) is 0 Å². The van der Waals surface area contributed by atoms with Crippen LogP contribution in [0.3, 0.4) is 0 Å². The molecule has 5 rings (SSSR count). The molecule has 0 radical (unpaired) electrons. The summed E-state index contributed by atoms with van der Waals surface area (Å²) in [5.74, 6) is -0.765. The fraction of sp³-hybridized carbons (Fsp3) is 0.522. The molecule has 2 fully saturated rings. The molecule has 3 atom stereocenters. The first kappa shape index (κ1) is 18.4. The molecule has 2 heterocycles. The van der Waals surface area contributed by atoms with Gasteiger partial charge in [0.05, 0.1) is 5.69 Å². The average molecular weight is 393 g/mol. The van der Waals surface area contributed by atoms with E-state index in [1.807, 2.05) is 35.9 Å². The molecule has 2 aliphatic carbocycles. The van der Waals surface area contributed by atoms with E-state index >= 15 is 0 Å². The number of benzene rings is 1. The fourth-order valence-corrected chi connectivity index (χ4v) is 5.60. The van der Waals surface area contributed by atoms with Crippen LogP contribution in [0.15, 0.2) is 24.3 Å². The summed E-state index contributed by atoms with van der Waals surface area (Å²) >= 11 is 0. The highest BCUT2D eigenvalue weighted by molar-refractivity contribution is 5.97. The van der Waals surface area contributed by atoms with Gasteiger partial charge in [-0.05, 0) is 63.5 Å². The third kappa shape index (κ3) is 2.96. The molecule has 152 valence electrons. The maximum atomic E-state index is 13.7. The van der Waals surface area contributed by atoms with Gasteiger partial charge in [-0.2, -0.15) is 5.10 Å². The van der Waals surface area contributed by atoms with Crippen LogP contribution in [-0.2, 0) is 17.6 Å². The van der Waals surface area contributed by atoms with Crippen molar-refractivity contribution in [2.24, 2.45) is 5.92 Å². The molecule has 6 nitrogen and oxygen atoms in total. The van der Waals surface area contributed by atoms with Crippen molar-refractivity contribution >= 4 is 11.9 Å². The quantitative estimate of drug-likeness (QED) is 0.866. The number of carbonyl (C=O) groups excluding carboxylic acids is 1. The van der Waals surface area contributed by atoms with Gasteiger partial charge in [0.15, 0.2) is 5.69 Å². The van der Waals surface area contributed by atoms with Crippen LogP contribution < -0.4 is 0 Å². The van der Waals surface area contributed by atoms with Crippen LogP contribution >= 0.6 is 0 Å². The smallest absolute Gasteiger partial charge is 0.326 e. The Morgan fingerprint density at radius 2 is 1.83 bits per heavy atom. The number of rotatable bonds is 3. The van der Waals surface area contributed by atoms with Crippen molar-refractivity contribution in [3.8, 4) is 5.69 Å². The molecule has 0 spiro atoms. The zero-order chi connectivity index (χ0) is 20.1. The van der Waals surface area contributed by atoms with E-state index in [0.717, 1.165) is 61.9 Å². The highest BCUT2D eigenvalue weighted by atomic mass is 16.4. The molecule has 1 saturated carbocycles. The summed E-state index contributed by atoms with van der Waals surface area (Å²) in [4.78, 5) is 27.3. The molecule has 1 saturated heterocycles. The third-order valence-corrected chi connectivity index (χ3v) is 7.02. The van der Waals surface area contributed by atoms with Crippen LogP contribution in [0.4, 0.5) is 0 Å². The maximum absolute atomic E-state index is 13.7. The van der Waals surface area contributed by atoms with Crippen molar-refractivity contribution in [3.63, 3.8) is 0 Å². The summed E-state index contributed by atoms with van der Waals surface area (Å²) in [7, 11) is 0. The summed E-state index contributed by atoms with van der Waals surface area (Å²) < 4.78 is 1.90. The molecular formula is C23H27N3O3. The van der Waals surface area contributed by atoms with Gasteiger partial charge >= 0.3 is 5.97 Å². The molecule has 29 heavy (non-hydrogen) atoms. The van der Waals surface area contributed by atoms with Crippen molar-refractivity contribution < 1.29 is 14.7 Å². The van der Waals surface area contributed by atoms with E-state index in [1.54, 1.807) is 4.90 Å². The normalized spacial score (nSPS) is 25.7. The first-order valence-electron chi connectivity index (χ1n) is 10.8. The Kier molecular flexibility index (Phi) is 4.45. The molecule has 1 aromatic heterocycles. The number of aliphatic carboxylic acids is 1. The van der Waals surface area contributed by atoms with Crippen LogP contribution in [0.1, 0.15) is 65.8 Å². The molecule has 1 N–H and O–H groups in total. The number of aromatic nitrogens is 2. The molecule has 3 aliphatic rings. The minimum absolute atomic E-state index is 0.0407. The summed E-state index contributed by atoms with van der Waals surface area (Å²) in [5, 5.41) is 14.5. The summed E-state index contributed by atoms with van der Waals surface area (Å²) in [5.41, 5.74) is 4.72. The number of hydrogen-bond acceptors (Lipinski definition) is 3. The number of nitrogens with zero attached hydrogens (tertiary/aromatic N) is 3. The van der Waals surface area contributed by atoms with Gasteiger partial charge in [-0.3, -0.25) is 4.79 Å². The summed E-state index contributed by atoms with van der Waals surface area (Å²) in [6.07, 6.45) is 7.44. The number of likely N-dealkylation sites (tertiary alicyclic amines) is 1. The molecule has 3 unspecified atom stereocenters. The van der Waals surface area contributed by atoms with Gasteiger partial charge in [0.25, 0.3) is 5.91 Å². The number of aryl methyl sites for hydroxylation is 1. The van der Waals surface area contributed by atoms with E-state index in [0.29, 0.717) is 18.0 Å². The first-order valence-corrected chi connectivity index (χ1v) is 10.8. The van der Waals surface area contributed by atoms with Gasteiger partial charge in [-0.1, -0.05) is 30.5 Å². The molecule has 0 bridgehead atoms. The van der Waals surface area contributed by atoms with Crippen LogP contribution in [0, 0.1) is 12.8 Å². The van der Waals surface area contributed by atoms with Crippen LogP contribution in [0.25, 0.3) is 5.69 Å². The Morgan fingerprint density at radius 3 is 2.59 bits per heavy atom. The Labute approximate surface area is 170 Å². The Morgan fingerprint density at radius 1 is 1.07 bits per heavy atom. The third-order valence-electron chi connectivity index (χ3n) is 7.02. The molecule has 6 heteroatoms. The van der Waals surface area contributed by atoms with Gasteiger partial charge in [0, 0.05) is 17.3 Å². The van der Waals surface area contributed by atoms with Gasteiger partial charge in [0.1, 0.15) is 6.04 Å². The SMILES string of the molecule is Cc1ccc(-n2nc(C(=O)N3C(C(=O)O)CC4CCCCC43)c3c2CCC3)cc1. The lowest BCUT2D eigenvalue weighted by Gasteiger charge is -2.32. The number of amides is 1. The lowest BCUT2D eigenvalue weighted by molar-refractivity contribution is -0.141. The molecule has 1 aromatic carbocycles. The second-order valence-electron chi connectivity index (χ2n) is 8.79. The largest absolute Gasteiger partial charge is 0.480 e. The lowest BCUT2D eigenvalue weighted by Crippen LogP contribution is -2.46. The van der Waals surface area contributed by atoms with E-state index < -0.39 is 12.0 Å². The van der Waals surface area contributed by atoms with Crippen molar-refractivity contribution in [3.05, 3.63) is 46.8 Å². The highest BCUT2D eigenvalue weighted by Crippen LogP contribution is 2.41. The van der Waals surface area contributed by atoms with E-state index in [2.05, 4.69) is 0 Å². The second-order valence-corrected chi connectivity index (χ2v) is 8.79. The Bertz CT molecular complexity index is 962. The standard InChI is InChI=1S/C23H27N3O3/c1-14-9-11-16(12-10-14)26-19-8-4-6-17(19)21(24-26)22(27)25-18-7-3-2-5-15(18)13-20(25)23(28)29/h9-12,15,18,20H,2-8,13H2,1H3,(H,28,29). The predicted molar refractivity (Wildman–Crippen MR) is 108 cm³/mol. The van der Waals surface area contributed by atoms with Crippen molar-refractivity contribution in [2.45, 2.75) is 70.4 Å². The van der Waals surface area contributed by atoms with E-state index in [4.69, 9.17) is 5.10 Å². The van der Waals surface area contributed by atoms with E-state index in [1.165, 1.54) is 5.56 Å². The number of carboxylic acids is 1. The average Bonchev–Trinajstić information content (AvgIpc) is 3.41. The minimum Gasteiger partial charge on any atom is -0.480 e. The van der Waals surface area contributed by atoms with Crippen molar-refractivity contribution in [1.29, 1.82) is 0 Å². The topological polar surface area (TPSA) is 75.4 Å².